The number of carbonyl (C=O) groups excluding carboxylic acids is 1. The Balaban J connectivity index is 2.24. The summed E-state index contributed by atoms with van der Waals surface area (Å²) in [4.78, 5) is 13.9. The van der Waals surface area contributed by atoms with Gasteiger partial charge in [-0.1, -0.05) is 26.8 Å². The second-order valence-electron chi connectivity index (χ2n) is 10.6. The number of carbonyl (C=O) groups is 1. The molecule has 0 aliphatic carbocycles. The van der Waals surface area contributed by atoms with Crippen LogP contribution in [0, 0.1) is 5.82 Å². The van der Waals surface area contributed by atoms with Crippen LogP contribution in [0.5, 0.6) is 0 Å². The number of hydrogen-bond donors (Lipinski definition) is 1. The number of benzene rings is 1. The second kappa shape index (κ2) is 8.24. The van der Waals surface area contributed by atoms with Gasteiger partial charge in [0.1, 0.15) is 21.3 Å². The Morgan fingerprint density at radius 2 is 1.87 bits per heavy atom. The molecular formula is C21H36FN3O3SSi. The molecule has 1 amide bonds. The van der Waals surface area contributed by atoms with Gasteiger partial charge in [0, 0.05) is 19.0 Å². The van der Waals surface area contributed by atoms with Crippen LogP contribution in [0.4, 0.5) is 9.18 Å². The van der Waals surface area contributed by atoms with E-state index >= 15 is 0 Å². The van der Waals surface area contributed by atoms with E-state index in [1.165, 1.54) is 12.1 Å². The molecule has 9 heteroatoms. The largest absolute Gasteiger partial charge is 0.444 e. The maximum absolute atomic E-state index is 14.9. The number of likely N-dealkylation sites (tertiary alicyclic amines) is 1. The van der Waals surface area contributed by atoms with E-state index in [1.54, 1.807) is 11.0 Å². The van der Waals surface area contributed by atoms with Gasteiger partial charge in [-0.2, -0.15) is 0 Å². The van der Waals surface area contributed by atoms with Crippen LogP contribution >= 0.6 is 0 Å². The minimum Gasteiger partial charge on any atom is -0.444 e. The molecule has 2 N–H and O–H groups in total. The number of amides is 1. The molecule has 2 unspecified atom stereocenters. The molecule has 2 rings (SSSR count). The van der Waals surface area contributed by atoms with Crippen molar-refractivity contribution in [2.45, 2.75) is 82.5 Å². The van der Waals surface area contributed by atoms with E-state index in [0.717, 1.165) is 5.56 Å². The van der Waals surface area contributed by atoms with Crippen molar-refractivity contribution in [3.8, 4) is 0 Å². The standard InChI is InChI=1S/C21H36FN3O3SSi/c1-20(2,3)28-19(26)25-12-11-16(14-25)15-9-10-18(17(22)13-15)29(23,27)24-30(7,8)21(4,5)6/h9-10,13,16H,11-12,14H2,1-8H3,(H2,23,24,27). The Morgan fingerprint density at radius 1 is 1.27 bits per heavy atom. The fourth-order valence-corrected chi connectivity index (χ4v) is 7.86. The van der Waals surface area contributed by atoms with Gasteiger partial charge >= 0.3 is 6.09 Å². The number of ether oxygens (including phenoxy) is 1. The predicted molar refractivity (Wildman–Crippen MR) is 122 cm³/mol. The lowest BCUT2D eigenvalue weighted by molar-refractivity contribution is 0.0292. The van der Waals surface area contributed by atoms with E-state index in [-0.39, 0.29) is 21.9 Å². The molecule has 6 nitrogen and oxygen atoms in total. The Morgan fingerprint density at radius 3 is 2.37 bits per heavy atom. The molecule has 0 saturated carbocycles. The van der Waals surface area contributed by atoms with Gasteiger partial charge in [-0.15, -0.1) is 0 Å². The molecule has 0 radical (unpaired) electrons. The van der Waals surface area contributed by atoms with Crippen LogP contribution in [0.25, 0.3) is 0 Å². The van der Waals surface area contributed by atoms with Crippen molar-refractivity contribution in [3.05, 3.63) is 29.6 Å². The highest BCUT2D eigenvalue weighted by atomic mass is 32.2. The van der Waals surface area contributed by atoms with Gasteiger partial charge in [-0.3, -0.25) is 4.03 Å². The van der Waals surface area contributed by atoms with Crippen molar-refractivity contribution in [1.82, 2.24) is 4.90 Å². The summed E-state index contributed by atoms with van der Waals surface area (Å²) < 4.78 is 37.9. The van der Waals surface area contributed by atoms with Gasteiger partial charge in [-0.25, -0.2) is 18.5 Å². The highest BCUT2D eigenvalue weighted by molar-refractivity contribution is 7.92. The van der Waals surface area contributed by atoms with E-state index in [0.29, 0.717) is 19.5 Å². The number of halogens is 1. The van der Waals surface area contributed by atoms with Crippen LogP contribution in [-0.2, 0) is 14.7 Å². The summed E-state index contributed by atoms with van der Waals surface area (Å²) in [6, 6.07) is 4.61. The highest BCUT2D eigenvalue weighted by Crippen LogP contribution is 2.38. The van der Waals surface area contributed by atoms with Crippen molar-refractivity contribution in [2.75, 3.05) is 13.1 Å². The lowest BCUT2D eigenvalue weighted by Crippen LogP contribution is -2.37. The Labute approximate surface area is 181 Å². The maximum atomic E-state index is 14.9. The first kappa shape index (κ1) is 24.8. The molecule has 0 aromatic heterocycles. The zero-order chi connectivity index (χ0) is 23.1. The van der Waals surface area contributed by atoms with Crippen molar-refractivity contribution in [3.63, 3.8) is 0 Å². The quantitative estimate of drug-likeness (QED) is 0.629. The number of rotatable bonds is 3. The first-order chi connectivity index (χ1) is 13.4. The van der Waals surface area contributed by atoms with E-state index in [2.05, 4.69) is 4.03 Å². The zero-order valence-corrected chi connectivity index (χ0v) is 21.2. The molecule has 0 bridgehead atoms. The SMILES string of the molecule is CC(C)(C)OC(=O)N1CCC(c2ccc(S(N)(=O)=N[Si](C)(C)C(C)(C)C)c(F)c2)C1. The van der Waals surface area contributed by atoms with Gasteiger partial charge in [0.2, 0.25) is 0 Å². The molecular weight excluding hydrogens is 421 g/mol. The summed E-state index contributed by atoms with van der Waals surface area (Å²) in [5.74, 6) is -0.620. The van der Waals surface area contributed by atoms with Gasteiger partial charge in [0.25, 0.3) is 0 Å². The van der Waals surface area contributed by atoms with Crippen LogP contribution in [0.3, 0.4) is 0 Å². The molecule has 0 spiro atoms. The van der Waals surface area contributed by atoms with Crippen LogP contribution in [0.15, 0.2) is 27.1 Å². The number of hydrogen-bond acceptors (Lipinski definition) is 4. The van der Waals surface area contributed by atoms with E-state index in [4.69, 9.17) is 9.88 Å². The summed E-state index contributed by atoms with van der Waals surface area (Å²) >= 11 is 0. The molecule has 2 atom stereocenters. The van der Waals surface area contributed by atoms with Crippen LogP contribution in [0.2, 0.25) is 18.1 Å². The lowest BCUT2D eigenvalue weighted by Gasteiger charge is -2.32. The summed E-state index contributed by atoms with van der Waals surface area (Å²) in [5, 5.41) is 5.88. The molecule has 1 aliphatic heterocycles. The Bertz CT molecular complexity index is 928. The number of nitrogens with zero attached hydrogens (tertiary/aromatic N) is 2. The van der Waals surface area contributed by atoms with Crippen molar-refractivity contribution in [2.24, 2.45) is 9.17 Å². The molecule has 1 fully saturated rings. The van der Waals surface area contributed by atoms with Crippen LogP contribution in [-0.4, -0.2) is 42.1 Å². The maximum Gasteiger partial charge on any atom is 0.410 e. The van der Waals surface area contributed by atoms with E-state index in [1.807, 2.05) is 54.6 Å². The normalized spacial score (nSPS) is 20.1. The third-order valence-electron chi connectivity index (χ3n) is 5.78. The average molecular weight is 458 g/mol. The molecule has 1 heterocycles. The van der Waals surface area contributed by atoms with Gasteiger partial charge in [0.05, 0.1) is 4.90 Å². The lowest BCUT2D eigenvalue weighted by atomic mass is 9.98. The fourth-order valence-electron chi connectivity index (χ4n) is 3.06. The van der Waals surface area contributed by atoms with Gasteiger partial charge < -0.3 is 9.64 Å². The van der Waals surface area contributed by atoms with E-state index < -0.39 is 29.6 Å². The van der Waals surface area contributed by atoms with E-state index in [9.17, 15) is 13.4 Å². The smallest absolute Gasteiger partial charge is 0.410 e. The zero-order valence-electron chi connectivity index (χ0n) is 19.4. The number of nitrogens with two attached hydrogens (primary N) is 1. The Kier molecular flexibility index (Phi) is 6.81. The summed E-state index contributed by atoms with van der Waals surface area (Å²) in [6.45, 7) is 16.6. The molecule has 1 aliphatic rings. The molecule has 1 aromatic rings. The molecule has 30 heavy (non-hydrogen) atoms. The highest BCUT2D eigenvalue weighted by Gasteiger charge is 2.38. The fraction of sp³-hybridized carbons (Fsp3) is 0.667. The van der Waals surface area contributed by atoms with Crippen LogP contribution in [0.1, 0.15) is 59.4 Å². The molecule has 1 saturated heterocycles. The summed E-state index contributed by atoms with van der Waals surface area (Å²) in [6.07, 6.45) is 0.352. The van der Waals surface area contributed by atoms with Gasteiger partial charge in [-0.05, 0) is 63.0 Å². The first-order valence-corrected chi connectivity index (χ1v) is 14.8. The Hall–Kier alpha value is -1.45. The minimum atomic E-state index is -3.34. The summed E-state index contributed by atoms with van der Waals surface area (Å²) in [5.41, 5.74) is 0.197. The topological polar surface area (TPSA) is 85.0 Å². The minimum absolute atomic E-state index is 0.00720. The summed E-state index contributed by atoms with van der Waals surface area (Å²) in [7, 11) is -5.67. The third-order valence-corrected chi connectivity index (χ3v) is 13.3. The van der Waals surface area contributed by atoms with Crippen molar-refractivity contribution in [1.29, 1.82) is 0 Å². The first-order valence-electron chi connectivity index (χ1n) is 10.3. The van der Waals surface area contributed by atoms with Crippen molar-refractivity contribution >= 4 is 24.2 Å². The predicted octanol–water partition coefficient (Wildman–Crippen LogP) is 5.26. The molecule has 1 aromatic carbocycles. The third kappa shape index (κ3) is 5.82. The average Bonchev–Trinajstić information content (AvgIpc) is 3.00. The van der Waals surface area contributed by atoms with Crippen molar-refractivity contribution < 1.29 is 18.1 Å². The second-order valence-corrected chi connectivity index (χ2v) is 17.5. The molecule has 170 valence electrons. The van der Waals surface area contributed by atoms with Gasteiger partial charge in [0.15, 0.2) is 8.24 Å². The van der Waals surface area contributed by atoms with Crippen LogP contribution < -0.4 is 5.14 Å². The monoisotopic (exact) mass is 457 g/mol.